The first-order valence-corrected chi connectivity index (χ1v) is 26.2. The fraction of sp³-hybridized carbons (Fsp3) is 0.283. The van der Waals surface area contributed by atoms with Crippen LogP contribution >= 0.6 is 11.6 Å². The minimum absolute atomic E-state index is 0.133. The fourth-order valence-electron chi connectivity index (χ4n) is 10.2. The van der Waals surface area contributed by atoms with Crippen molar-refractivity contribution in [2.75, 3.05) is 52.1 Å². The summed E-state index contributed by atoms with van der Waals surface area (Å²) < 4.78 is 18.0. The van der Waals surface area contributed by atoms with Gasteiger partial charge >= 0.3 is 5.97 Å². The number of unbranched alkanes of at least 4 members (excludes halogenated alkanes) is 4. The van der Waals surface area contributed by atoms with Gasteiger partial charge in [-0.15, -0.1) is 11.6 Å². The number of aromatic carboxylic acids is 1. The number of amides is 4. The maximum atomic E-state index is 13.5. The van der Waals surface area contributed by atoms with E-state index in [1.165, 1.54) is 6.07 Å². The molecule has 0 saturated carbocycles. The number of aromatic nitrogens is 2. The Labute approximate surface area is 449 Å². The molecule has 1 atom stereocenters. The number of ether oxygens (including phenoxy) is 1. The van der Waals surface area contributed by atoms with Gasteiger partial charge in [0.2, 0.25) is 11.3 Å². The van der Waals surface area contributed by atoms with Crippen LogP contribution in [-0.2, 0) is 37.5 Å². The molecule has 4 amide bonds. The molecule has 0 radical (unpaired) electrons. The first-order valence-electron chi connectivity index (χ1n) is 25.7. The first kappa shape index (κ1) is 53.3. The number of anilines is 1. The lowest BCUT2D eigenvalue weighted by molar-refractivity contribution is -0.255. The molecule has 1 aliphatic carbocycles. The average Bonchev–Trinajstić information content (AvgIpc) is 4.11. The standard InChI is InChI=1S/C60H60ClN7O9/c1-65(2)37-22-25-42-50(31-37)77-51-32-38(66(3)4)23-26-43(51)53(42)41-24-21-36(30-44(41)59(73)74)56(70)62-27-13-12-18-47(63-52(69)33-61)60(75)76-29-15-7-6-14-28-68-35-46(40-17-9-11-20-49(40)68)55-54(57(71)64-58(55)72)45-34-67(5)48-19-10-8-16-39(45)48/h8-11,16-17,19-26,30-32,34-35,47H,6-7,12-15,18,27-29,33H2,1-5H3,(H3-,62,63,64,69,70,71,72,73,74). The van der Waals surface area contributed by atoms with Gasteiger partial charge in [-0.05, 0) is 86.6 Å². The van der Waals surface area contributed by atoms with Crippen LogP contribution in [0, 0.1) is 0 Å². The average molecular weight is 1060 g/mol. The summed E-state index contributed by atoms with van der Waals surface area (Å²) in [6.07, 6.45) is 7.96. The van der Waals surface area contributed by atoms with Crippen molar-refractivity contribution in [3.05, 3.63) is 143 Å². The lowest BCUT2D eigenvalue weighted by Crippen LogP contribution is -2.42. The number of benzene rings is 5. The van der Waals surface area contributed by atoms with Crippen LogP contribution in [0.3, 0.4) is 0 Å². The third kappa shape index (κ3) is 11.2. The van der Waals surface area contributed by atoms with Gasteiger partial charge < -0.3 is 43.7 Å². The lowest BCUT2D eigenvalue weighted by Gasteiger charge is -2.20. The maximum Gasteiger partial charge on any atom is 0.328 e. The van der Waals surface area contributed by atoms with Crippen molar-refractivity contribution in [2.24, 2.45) is 7.05 Å². The lowest BCUT2D eigenvalue weighted by atomic mass is 9.89. The molecule has 77 heavy (non-hydrogen) atoms. The van der Waals surface area contributed by atoms with E-state index >= 15 is 0 Å². The number of carboxylic acid groups (broad SMARTS) is 1. The van der Waals surface area contributed by atoms with Gasteiger partial charge in [0.15, 0.2) is 0 Å². The highest BCUT2D eigenvalue weighted by Crippen LogP contribution is 2.43. The number of carbonyl (C=O) groups is 6. The highest BCUT2D eigenvalue weighted by Gasteiger charge is 2.35. The van der Waals surface area contributed by atoms with Crippen LogP contribution in [-0.4, -0.2) is 98.0 Å². The van der Waals surface area contributed by atoms with E-state index in [1.807, 2.05) is 147 Å². The van der Waals surface area contributed by atoms with Crippen LogP contribution in [0.4, 0.5) is 5.69 Å². The number of rotatable bonds is 21. The van der Waals surface area contributed by atoms with E-state index in [9.17, 15) is 33.9 Å². The number of nitrogens with zero attached hydrogens (tertiary/aromatic N) is 4. The molecule has 9 rings (SSSR count). The van der Waals surface area contributed by atoms with E-state index in [1.54, 1.807) is 12.1 Å². The number of hydrogen-bond acceptors (Lipinski definition) is 10. The van der Waals surface area contributed by atoms with E-state index in [-0.39, 0.29) is 36.6 Å². The van der Waals surface area contributed by atoms with E-state index < -0.39 is 41.6 Å². The molecule has 17 heteroatoms. The zero-order chi connectivity index (χ0) is 54.5. The van der Waals surface area contributed by atoms with Gasteiger partial charge in [-0.1, -0.05) is 48.9 Å². The molecule has 396 valence electrons. The zero-order valence-electron chi connectivity index (χ0n) is 43.7. The van der Waals surface area contributed by atoms with Gasteiger partial charge in [-0.2, -0.15) is 0 Å². The molecule has 2 aromatic heterocycles. The van der Waals surface area contributed by atoms with E-state index in [0.29, 0.717) is 81.5 Å². The summed E-state index contributed by atoms with van der Waals surface area (Å²) in [6, 6.07) is 30.7. The molecule has 6 aromatic rings. The van der Waals surface area contributed by atoms with Gasteiger partial charge in [0, 0.05) is 125 Å². The third-order valence-corrected chi connectivity index (χ3v) is 14.4. The summed E-state index contributed by atoms with van der Waals surface area (Å²) >= 11 is 5.79. The predicted octanol–water partition coefficient (Wildman–Crippen LogP) is 7.11. The smallest absolute Gasteiger partial charge is 0.328 e. The molecular weight excluding hydrogens is 998 g/mol. The number of aryl methyl sites for hydroxylation is 2. The Morgan fingerprint density at radius 1 is 0.766 bits per heavy atom. The SMILES string of the molecule is CN(C)c1ccc2c(-c3ccc(C(=O)NCCCCC(NC(=O)CCl)C(=O)OCCCCCCn4cc(C5=C(c6cn(C)c7ccccc67)C(=O)NC5=O)c5ccccc54)cc3C(=O)[O-])c3ccc(=[N+](C)C)cc-3oc2c1. The fourth-order valence-corrected chi connectivity index (χ4v) is 10.3. The molecular formula is C60H60ClN7O9. The minimum Gasteiger partial charge on any atom is -0.545 e. The summed E-state index contributed by atoms with van der Waals surface area (Å²) in [5.41, 5.74) is 7.15. The van der Waals surface area contributed by atoms with Crippen LogP contribution in [0.25, 0.3) is 66.4 Å². The number of fused-ring (bicyclic) bond motifs is 4. The molecule has 0 saturated heterocycles. The van der Waals surface area contributed by atoms with Crippen molar-refractivity contribution in [3.8, 4) is 22.5 Å². The second kappa shape index (κ2) is 23.2. The predicted molar refractivity (Wildman–Crippen MR) is 297 cm³/mol. The quantitative estimate of drug-likeness (QED) is 0.0167. The monoisotopic (exact) mass is 1060 g/mol. The number of esters is 1. The summed E-state index contributed by atoms with van der Waals surface area (Å²) in [5, 5.41) is 24.2. The number of hydrogen-bond donors (Lipinski definition) is 3. The molecule has 3 aliphatic rings. The molecule has 1 unspecified atom stereocenters. The largest absolute Gasteiger partial charge is 0.545 e. The topological polar surface area (TPSA) is 200 Å². The Balaban J connectivity index is 0.778. The third-order valence-electron chi connectivity index (χ3n) is 14.1. The number of carbonyl (C=O) groups excluding carboxylic acids is 6. The number of para-hydroxylation sites is 2. The van der Waals surface area contributed by atoms with Gasteiger partial charge in [0.25, 0.3) is 17.7 Å². The summed E-state index contributed by atoms with van der Waals surface area (Å²) in [4.78, 5) is 80.7. The van der Waals surface area contributed by atoms with Gasteiger partial charge in [-0.25, -0.2) is 9.37 Å². The van der Waals surface area contributed by atoms with Crippen molar-refractivity contribution in [1.82, 2.24) is 29.7 Å². The highest BCUT2D eigenvalue weighted by atomic mass is 35.5. The van der Waals surface area contributed by atoms with Crippen LogP contribution in [0.5, 0.6) is 0 Å². The normalized spacial score (nSPS) is 12.9. The highest BCUT2D eigenvalue weighted by molar-refractivity contribution is 6.50. The number of carboxylic acids is 1. The Bertz CT molecular complexity index is 3710. The van der Waals surface area contributed by atoms with Gasteiger partial charge in [-0.3, -0.25) is 24.5 Å². The zero-order valence-corrected chi connectivity index (χ0v) is 44.4. The van der Waals surface area contributed by atoms with Gasteiger partial charge in [0.1, 0.15) is 37.4 Å². The number of halogens is 1. The van der Waals surface area contributed by atoms with E-state index in [4.69, 9.17) is 20.8 Å². The summed E-state index contributed by atoms with van der Waals surface area (Å²) in [5.74, 6) is -3.65. The second-order valence-electron chi connectivity index (χ2n) is 19.7. The van der Waals surface area contributed by atoms with Crippen molar-refractivity contribution in [2.45, 2.75) is 57.5 Å². The van der Waals surface area contributed by atoms with Gasteiger partial charge in [0.05, 0.1) is 29.8 Å². The second-order valence-corrected chi connectivity index (χ2v) is 20.0. The van der Waals surface area contributed by atoms with Crippen molar-refractivity contribution >= 4 is 96.8 Å². The van der Waals surface area contributed by atoms with Crippen LogP contribution in [0.2, 0.25) is 0 Å². The van der Waals surface area contributed by atoms with E-state index in [0.717, 1.165) is 52.1 Å². The Morgan fingerprint density at radius 3 is 2.17 bits per heavy atom. The van der Waals surface area contributed by atoms with E-state index in [2.05, 4.69) is 20.5 Å². The molecule has 2 aliphatic heterocycles. The Morgan fingerprint density at radius 2 is 1.45 bits per heavy atom. The van der Waals surface area contributed by atoms with Crippen LogP contribution in [0.15, 0.2) is 120 Å². The van der Waals surface area contributed by atoms with Crippen molar-refractivity contribution in [1.29, 1.82) is 0 Å². The molecule has 4 heterocycles. The number of imide groups is 1. The summed E-state index contributed by atoms with van der Waals surface area (Å²) in [6.45, 7) is 1.02. The van der Waals surface area contributed by atoms with Crippen LogP contribution in [0.1, 0.15) is 76.8 Å². The van der Waals surface area contributed by atoms with Crippen molar-refractivity contribution in [3.63, 3.8) is 0 Å². The minimum atomic E-state index is -1.44. The van der Waals surface area contributed by atoms with Crippen LogP contribution < -0.4 is 35.9 Å². The molecule has 3 N–H and O–H groups in total. The molecule has 0 bridgehead atoms. The first-order chi connectivity index (χ1) is 37.1. The number of nitrogens with one attached hydrogen (secondary N) is 3. The van der Waals surface area contributed by atoms with Crippen molar-refractivity contribution < 1.29 is 43.0 Å². The maximum absolute atomic E-state index is 13.5. The molecule has 4 aromatic carbocycles. The Kier molecular flexibility index (Phi) is 16.0. The molecule has 0 spiro atoms. The molecule has 0 fully saturated rings. The summed E-state index contributed by atoms with van der Waals surface area (Å²) in [7, 11) is 9.61. The molecule has 16 nitrogen and oxygen atoms in total. The Hall–Kier alpha value is -8.50. The number of alkyl halides is 1.